The van der Waals surface area contributed by atoms with Gasteiger partial charge in [-0.05, 0) is 24.3 Å². The molecule has 0 saturated carbocycles. The zero-order valence-corrected chi connectivity index (χ0v) is 20.4. The number of ether oxygens (including phenoxy) is 2. The Morgan fingerprint density at radius 2 is 1.82 bits per heavy atom. The van der Waals surface area contributed by atoms with Gasteiger partial charge in [0.2, 0.25) is 11.8 Å². The number of halogens is 2. The summed E-state index contributed by atoms with van der Waals surface area (Å²) in [6.45, 7) is 3.05. The summed E-state index contributed by atoms with van der Waals surface area (Å²) in [6.07, 6.45) is 0.659. The molecule has 2 aliphatic rings. The Morgan fingerprint density at radius 3 is 2.61 bits per heavy atom. The van der Waals surface area contributed by atoms with Gasteiger partial charge in [-0.2, -0.15) is 9.97 Å². The standard InChI is InChI=1S/C26H25F2N7O3/c27-23(28)24-30-19-3-1-2-4-20(19)35(24)21-15-22(32-26(31-21)33-11-13-37-14-12-33)38-18-7-10-34(16-18)25(36)17-5-8-29-9-6-17/h1-6,8-9,15,18,23H,7,10-14,16H2/t18-/m0/s1. The van der Waals surface area contributed by atoms with Gasteiger partial charge in [0.05, 0.1) is 30.8 Å². The van der Waals surface area contributed by atoms with Crippen molar-refractivity contribution < 1.29 is 23.0 Å². The van der Waals surface area contributed by atoms with Gasteiger partial charge in [0.1, 0.15) is 11.9 Å². The van der Waals surface area contributed by atoms with Gasteiger partial charge in [-0.1, -0.05) is 12.1 Å². The smallest absolute Gasteiger partial charge is 0.296 e. The Hall–Kier alpha value is -4.19. The first-order chi connectivity index (χ1) is 18.6. The molecule has 3 aromatic heterocycles. The molecule has 0 bridgehead atoms. The van der Waals surface area contributed by atoms with E-state index in [1.54, 1.807) is 59.8 Å². The number of anilines is 1. The molecular weight excluding hydrogens is 496 g/mol. The third kappa shape index (κ3) is 4.74. The molecule has 5 heterocycles. The van der Waals surface area contributed by atoms with E-state index < -0.39 is 12.2 Å². The first-order valence-corrected chi connectivity index (χ1v) is 12.4. The first kappa shape index (κ1) is 24.2. The Kier molecular flexibility index (Phi) is 6.54. The number of benzene rings is 1. The summed E-state index contributed by atoms with van der Waals surface area (Å²) < 4.78 is 41.2. The lowest BCUT2D eigenvalue weighted by Crippen LogP contribution is -2.37. The maximum absolute atomic E-state index is 14.1. The van der Waals surface area contributed by atoms with Crippen LogP contribution in [0.1, 0.15) is 29.0 Å². The van der Waals surface area contributed by atoms with Crippen molar-refractivity contribution in [1.82, 2.24) is 29.4 Å². The van der Waals surface area contributed by atoms with Crippen LogP contribution < -0.4 is 9.64 Å². The number of amides is 1. The Balaban J connectivity index is 1.33. The van der Waals surface area contributed by atoms with Crippen molar-refractivity contribution in [3.05, 3.63) is 66.2 Å². The topological polar surface area (TPSA) is 98.5 Å². The second kappa shape index (κ2) is 10.3. The summed E-state index contributed by atoms with van der Waals surface area (Å²) in [5, 5.41) is 0. The fourth-order valence-corrected chi connectivity index (χ4v) is 4.77. The van der Waals surface area contributed by atoms with Crippen molar-refractivity contribution >= 4 is 22.9 Å². The number of nitrogens with zero attached hydrogens (tertiary/aromatic N) is 7. The van der Waals surface area contributed by atoms with Crippen LogP contribution in [0.15, 0.2) is 54.9 Å². The molecule has 38 heavy (non-hydrogen) atoms. The van der Waals surface area contributed by atoms with Crippen molar-refractivity contribution in [2.24, 2.45) is 0 Å². The Morgan fingerprint density at radius 1 is 1.03 bits per heavy atom. The molecule has 0 unspecified atom stereocenters. The average molecular weight is 522 g/mol. The van der Waals surface area contributed by atoms with Gasteiger partial charge in [-0.3, -0.25) is 14.3 Å². The number of carbonyl (C=O) groups is 1. The minimum Gasteiger partial charge on any atom is -0.472 e. The van der Waals surface area contributed by atoms with Gasteiger partial charge in [-0.15, -0.1) is 0 Å². The molecule has 0 aliphatic carbocycles. The molecule has 2 aliphatic heterocycles. The third-order valence-corrected chi connectivity index (χ3v) is 6.63. The lowest BCUT2D eigenvalue weighted by atomic mass is 10.2. The molecule has 2 fully saturated rings. The number of rotatable bonds is 6. The van der Waals surface area contributed by atoms with Gasteiger partial charge >= 0.3 is 0 Å². The minimum atomic E-state index is -2.81. The number of likely N-dealkylation sites (tertiary alicyclic amines) is 1. The lowest BCUT2D eigenvalue weighted by Gasteiger charge is -2.27. The van der Waals surface area contributed by atoms with E-state index in [9.17, 15) is 13.6 Å². The van der Waals surface area contributed by atoms with Crippen LogP contribution in [0.25, 0.3) is 16.9 Å². The van der Waals surface area contributed by atoms with Gasteiger partial charge in [0.25, 0.3) is 12.3 Å². The number of fused-ring (bicyclic) bond motifs is 1. The molecular formula is C26H25F2N7O3. The van der Waals surface area contributed by atoms with Gasteiger partial charge < -0.3 is 19.3 Å². The summed E-state index contributed by atoms with van der Waals surface area (Å²) in [6, 6.07) is 11.8. The highest BCUT2D eigenvalue weighted by atomic mass is 19.3. The number of hydrogen-bond acceptors (Lipinski definition) is 8. The van der Waals surface area contributed by atoms with E-state index in [1.807, 2.05) is 4.90 Å². The number of imidazole rings is 1. The van der Waals surface area contributed by atoms with E-state index in [2.05, 4.69) is 19.9 Å². The van der Waals surface area contributed by atoms with Crippen molar-refractivity contribution in [2.45, 2.75) is 19.0 Å². The predicted molar refractivity (Wildman–Crippen MR) is 134 cm³/mol. The van der Waals surface area contributed by atoms with E-state index in [-0.39, 0.29) is 23.7 Å². The molecule has 12 heteroatoms. The number of morpholine rings is 1. The maximum atomic E-state index is 14.1. The highest BCUT2D eigenvalue weighted by Gasteiger charge is 2.30. The lowest BCUT2D eigenvalue weighted by molar-refractivity contribution is 0.0771. The largest absolute Gasteiger partial charge is 0.472 e. The van der Waals surface area contributed by atoms with Crippen molar-refractivity contribution in [1.29, 1.82) is 0 Å². The highest BCUT2D eigenvalue weighted by Crippen LogP contribution is 2.30. The molecule has 1 amide bonds. The first-order valence-electron chi connectivity index (χ1n) is 12.4. The fourth-order valence-electron chi connectivity index (χ4n) is 4.77. The average Bonchev–Trinajstić information content (AvgIpc) is 3.58. The normalized spacial score (nSPS) is 17.9. The zero-order chi connectivity index (χ0) is 26.1. The summed E-state index contributed by atoms with van der Waals surface area (Å²) in [4.78, 5) is 33.9. The zero-order valence-electron chi connectivity index (χ0n) is 20.4. The second-order valence-corrected chi connectivity index (χ2v) is 9.07. The SMILES string of the molecule is O=C(c1ccncc1)N1CC[C@H](Oc2cc(-n3c(C(F)F)nc4ccccc43)nc(N3CCOCC3)n2)C1. The molecule has 6 rings (SSSR count). The van der Waals surface area contributed by atoms with Gasteiger partial charge in [0.15, 0.2) is 5.82 Å². The summed E-state index contributed by atoms with van der Waals surface area (Å²) in [5.41, 5.74) is 1.51. The summed E-state index contributed by atoms with van der Waals surface area (Å²) in [5.74, 6) is 0.350. The van der Waals surface area contributed by atoms with Gasteiger partial charge in [0, 0.05) is 50.1 Å². The highest BCUT2D eigenvalue weighted by molar-refractivity contribution is 5.94. The number of aromatic nitrogens is 5. The van der Waals surface area contributed by atoms with Gasteiger partial charge in [-0.25, -0.2) is 13.8 Å². The summed E-state index contributed by atoms with van der Waals surface area (Å²) >= 11 is 0. The quantitative estimate of drug-likeness (QED) is 0.381. The summed E-state index contributed by atoms with van der Waals surface area (Å²) in [7, 11) is 0. The van der Waals surface area contributed by atoms with E-state index in [0.29, 0.717) is 68.4 Å². The number of alkyl halides is 2. The van der Waals surface area contributed by atoms with Crippen LogP contribution in [0.2, 0.25) is 0 Å². The number of pyridine rings is 1. The van der Waals surface area contributed by atoms with Crippen LogP contribution in [0.4, 0.5) is 14.7 Å². The molecule has 0 radical (unpaired) electrons. The molecule has 0 spiro atoms. The second-order valence-electron chi connectivity index (χ2n) is 9.07. The Labute approximate surface area is 216 Å². The van der Waals surface area contributed by atoms with E-state index >= 15 is 0 Å². The minimum absolute atomic E-state index is 0.0951. The number of para-hydroxylation sites is 2. The van der Waals surface area contributed by atoms with Crippen LogP contribution in [-0.2, 0) is 4.74 Å². The van der Waals surface area contributed by atoms with E-state index in [1.165, 1.54) is 4.57 Å². The molecule has 2 saturated heterocycles. The van der Waals surface area contributed by atoms with E-state index in [0.717, 1.165) is 0 Å². The van der Waals surface area contributed by atoms with Crippen LogP contribution >= 0.6 is 0 Å². The Bertz CT molecular complexity index is 1440. The number of carbonyl (C=O) groups excluding carboxylic acids is 1. The van der Waals surface area contributed by atoms with Crippen LogP contribution in [0.3, 0.4) is 0 Å². The monoisotopic (exact) mass is 521 g/mol. The van der Waals surface area contributed by atoms with Crippen molar-refractivity contribution in [3.63, 3.8) is 0 Å². The van der Waals surface area contributed by atoms with Crippen molar-refractivity contribution in [2.75, 3.05) is 44.3 Å². The molecule has 10 nitrogen and oxygen atoms in total. The van der Waals surface area contributed by atoms with E-state index in [4.69, 9.17) is 9.47 Å². The maximum Gasteiger partial charge on any atom is 0.296 e. The third-order valence-electron chi connectivity index (χ3n) is 6.63. The number of hydrogen-bond donors (Lipinski definition) is 0. The fraction of sp³-hybridized carbons (Fsp3) is 0.346. The molecule has 1 atom stereocenters. The molecule has 1 aromatic carbocycles. The van der Waals surface area contributed by atoms with Crippen LogP contribution in [-0.4, -0.2) is 80.8 Å². The molecule has 196 valence electrons. The molecule has 0 N–H and O–H groups in total. The van der Waals surface area contributed by atoms with Crippen molar-refractivity contribution in [3.8, 4) is 11.7 Å². The van der Waals surface area contributed by atoms with Crippen LogP contribution in [0.5, 0.6) is 5.88 Å². The molecule has 4 aromatic rings. The predicted octanol–water partition coefficient (Wildman–Crippen LogP) is 3.28. The van der Waals surface area contributed by atoms with Crippen LogP contribution in [0, 0.1) is 0 Å².